The van der Waals surface area contributed by atoms with Crippen molar-refractivity contribution in [3.05, 3.63) is 29.3 Å². The fourth-order valence-corrected chi connectivity index (χ4v) is 1.56. The number of rotatable bonds is 5. The average molecular weight is 235 g/mol. The lowest BCUT2D eigenvalue weighted by molar-refractivity contribution is -0.675. The van der Waals surface area contributed by atoms with E-state index in [4.69, 9.17) is 0 Å². The van der Waals surface area contributed by atoms with E-state index in [2.05, 4.69) is 37.5 Å². The Bertz CT molecular complexity index is 388. The van der Waals surface area contributed by atoms with Crippen LogP contribution < -0.4 is 10.6 Å². The first kappa shape index (κ1) is 13.7. The first-order valence-electron chi connectivity index (χ1n) is 6.24. The second kappa shape index (κ2) is 6.40. The number of quaternary nitrogens is 1. The molecule has 3 heteroatoms. The lowest BCUT2D eigenvalue weighted by Gasteiger charge is -2.11. The molecule has 0 aliphatic carbocycles. The van der Waals surface area contributed by atoms with E-state index in [0.29, 0.717) is 12.6 Å². The number of aryl methyl sites for hydroxylation is 1. The molecule has 1 aromatic rings. The number of benzene rings is 1. The van der Waals surface area contributed by atoms with Gasteiger partial charge in [0.1, 0.15) is 0 Å². The van der Waals surface area contributed by atoms with Crippen LogP contribution in [0.4, 0.5) is 5.69 Å². The summed E-state index contributed by atoms with van der Waals surface area (Å²) in [6.07, 6.45) is 1.08. The van der Waals surface area contributed by atoms with Crippen LogP contribution in [0, 0.1) is 13.8 Å². The summed E-state index contributed by atoms with van der Waals surface area (Å²) in [6.45, 7) is 8.83. The molecule has 0 fully saturated rings. The van der Waals surface area contributed by atoms with Crippen LogP contribution in [0.15, 0.2) is 18.2 Å². The fraction of sp³-hybridized carbons (Fsp3) is 0.500. The number of hydrogen-bond donors (Lipinski definition) is 2. The molecule has 0 saturated heterocycles. The van der Waals surface area contributed by atoms with Crippen molar-refractivity contribution in [2.24, 2.45) is 0 Å². The molecule has 94 valence electrons. The highest BCUT2D eigenvalue weighted by atomic mass is 16.1. The van der Waals surface area contributed by atoms with Crippen LogP contribution in [0.5, 0.6) is 0 Å². The normalized spacial score (nSPS) is 12.2. The molecule has 0 heterocycles. The van der Waals surface area contributed by atoms with Crippen molar-refractivity contribution in [3.8, 4) is 0 Å². The van der Waals surface area contributed by atoms with Crippen molar-refractivity contribution in [1.82, 2.24) is 0 Å². The SMILES string of the molecule is CC[C@H](C)[NH2+]CC(=O)Nc1cccc(C)c1C. The van der Waals surface area contributed by atoms with Crippen LogP contribution in [0.3, 0.4) is 0 Å². The number of anilines is 1. The van der Waals surface area contributed by atoms with Crippen molar-refractivity contribution in [3.63, 3.8) is 0 Å². The zero-order valence-electron chi connectivity index (χ0n) is 11.2. The highest BCUT2D eigenvalue weighted by Crippen LogP contribution is 2.17. The van der Waals surface area contributed by atoms with Crippen molar-refractivity contribution >= 4 is 11.6 Å². The van der Waals surface area contributed by atoms with E-state index in [-0.39, 0.29) is 5.91 Å². The van der Waals surface area contributed by atoms with E-state index in [1.807, 2.05) is 19.1 Å². The van der Waals surface area contributed by atoms with Gasteiger partial charge < -0.3 is 10.6 Å². The summed E-state index contributed by atoms with van der Waals surface area (Å²) in [6, 6.07) is 6.47. The number of nitrogens with two attached hydrogens (primary N) is 1. The van der Waals surface area contributed by atoms with Gasteiger partial charge in [-0.15, -0.1) is 0 Å². The smallest absolute Gasteiger partial charge is 0.279 e. The molecule has 1 amide bonds. The van der Waals surface area contributed by atoms with Gasteiger partial charge in [0.25, 0.3) is 5.91 Å². The summed E-state index contributed by atoms with van der Waals surface area (Å²) in [5, 5.41) is 5.03. The molecule has 0 saturated carbocycles. The van der Waals surface area contributed by atoms with Crippen LogP contribution in [-0.2, 0) is 4.79 Å². The topological polar surface area (TPSA) is 45.7 Å². The van der Waals surface area contributed by atoms with Gasteiger partial charge in [0.15, 0.2) is 6.54 Å². The standard InChI is InChI=1S/C14H22N2O/c1-5-11(3)15-9-14(17)16-13-8-6-7-10(2)12(13)4/h6-8,11,15H,5,9H2,1-4H3,(H,16,17)/p+1/t11-/m0/s1. The summed E-state index contributed by atoms with van der Waals surface area (Å²) in [7, 11) is 0. The van der Waals surface area contributed by atoms with Crippen molar-refractivity contribution in [2.45, 2.75) is 40.2 Å². The van der Waals surface area contributed by atoms with Crippen LogP contribution in [0.2, 0.25) is 0 Å². The highest BCUT2D eigenvalue weighted by molar-refractivity contribution is 5.92. The van der Waals surface area contributed by atoms with Crippen LogP contribution in [0.1, 0.15) is 31.4 Å². The maximum Gasteiger partial charge on any atom is 0.279 e. The largest absolute Gasteiger partial charge is 0.336 e. The van der Waals surface area contributed by atoms with Gasteiger partial charge in [0.2, 0.25) is 0 Å². The Kier molecular flexibility index (Phi) is 5.16. The third kappa shape index (κ3) is 4.19. The van der Waals surface area contributed by atoms with Crippen LogP contribution >= 0.6 is 0 Å². The van der Waals surface area contributed by atoms with Gasteiger partial charge in [-0.3, -0.25) is 4.79 Å². The zero-order chi connectivity index (χ0) is 12.8. The van der Waals surface area contributed by atoms with Gasteiger partial charge in [0.05, 0.1) is 6.04 Å². The molecule has 0 spiro atoms. The van der Waals surface area contributed by atoms with E-state index >= 15 is 0 Å². The minimum absolute atomic E-state index is 0.0685. The molecule has 0 bridgehead atoms. The number of carbonyl (C=O) groups is 1. The van der Waals surface area contributed by atoms with Gasteiger partial charge in [-0.05, 0) is 44.4 Å². The zero-order valence-corrected chi connectivity index (χ0v) is 11.2. The molecule has 0 radical (unpaired) electrons. The van der Waals surface area contributed by atoms with E-state index in [1.165, 1.54) is 5.56 Å². The molecule has 0 unspecified atom stereocenters. The number of carbonyl (C=O) groups excluding carboxylic acids is 1. The maximum atomic E-state index is 11.8. The number of amides is 1. The fourth-order valence-electron chi connectivity index (χ4n) is 1.56. The lowest BCUT2D eigenvalue weighted by atomic mass is 10.1. The molecule has 1 atom stereocenters. The molecular weight excluding hydrogens is 212 g/mol. The minimum atomic E-state index is 0.0685. The third-order valence-electron chi connectivity index (χ3n) is 3.23. The predicted octanol–water partition coefficient (Wildman–Crippen LogP) is 1.60. The highest BCUT2D eigenvalue weighted by Gasteiger charge is 2.09. The van der Waals surface area contributed by atoms with E-state index in [1.54, 1.807) is 0 Å². The average Bonchev–Trinajstić information content (AvgIpc) is 2.32. The molecule has 17 heavy (non-hydrogen) atoms. The Morgan fingerprint density at radius 1 is 1.41 bits per heavy atom. The first-order valence-corrected chi connectivity index (χ1v) is 6.24. The molecule has 1 aromatic carbocycles. The Balaban J connectivity index is 2.54. The third-order valence-corrected chi connectivity index (χ3v) is 3.23. The van der Waals surface area contributed by atoms with Gasteiger partial charge >= 0.3 is 0 Å². The summed E-state index contributed by atoms with van der Waals surface area (Å²) in [5.74, 6) is 0.0685. The summed E-state index contributed by atoms with van der Waals surface area (Å²) < 4.78 is 0. The quantitative estimate of drug-likeness (QED) is 0.800. The Labute approximate surface area is 104 Å². The van der Waals surface area contributed by atoms with Crippen molar-refractivity contribution in [2.75, 3.05) is 11.9 Å². The van der Waals surface area contributed by atoms with Crippen molar-refractivity contribution in [1.29, 1.82) is 0 Å². The van der Waals surface area contributed by atoms with E-state index < -0.39 is 0 Å². The Hall–Kier alpha value is -1.35. The number of nitrogens with one attached hydrogen (secondary N) is 1. The molecule has 3 nitrogen and oxygen atoms in total. The van der Waals surface area contributed by atoms with Crippen LogP contribution in [0.25, 0.3) is 0 Å². The predicted molar refractivity (Wildman–Crippen MR) is 71.1 cm³/mol. The maximum absolute atomic E-state index is 11.8. The van der Waals surface area contributed by atoms with E-state index in [0.717, 1.165) is 17.7 Å². The van der Waals surface area contributed by atoms with Gasteiger partial charge in [-0.25, -0.2) is 0 Å². The van der Waals surface area contributed by atoms with E-state index in [9.17, 15) is 4.79 Å². The molecular formula is C14H23N2O+. The molecule has 1 rings (SSSR count). The summed E-state index contributed by atoms with van der Waals surface area (Å²) in [4.78, 5) is 11.8. The van der Waals surface area contributed by atoms with Gasteiger partial charge in [0, 0.05) is 5.69 Å². The Morgan fingerprint density at radius 3 is 2.76 bits per heavy atom. The Morgan fingerprint density at radius 2 is 2.12 bits per heavy atom. The first-order chi connectivity index (χ1) is 8.04. The molecule has 0 aliphatic heterocycles. The minimum Gasteiger partial charge on any atom is -0.336 e. The number of hydrogen-bond acceptors (Lipinski definition) is 1. The van der Waals surface area contributed by atoms with Crippen molar-refractivity contribution < 1.29 is 10.1 Å². The summed E-state index contributed by atoms with van der Waals surface area (Å²) >= 11 is 0. The molecule has 3 N–H and O–H groups in total. The van der Waals surface area contributed by atoms with Crippen LogP contribution in [-0.4, -0.2) is 18.5 Å². The second-order valence-corrected chi connectivity index (χ2v) is 4.62. The monoisotopic (exact) mass is 235 g/mol. The second-order valence-electron chi connectivity index (χ2n) is 4.62. The molecule has 0 aromatic heterocycles. The lowest BCUT2D eigenvalue weighted by Crippen LogP contribution is -2.90. The molecule has 0 aliphatic rings. The van der Waals surface area contributed by atoms with Gasteiger partial charge in [-0.1, -0.05) is 19.1 Å². The van der Waals surface area contributed by atoms with Gasteiger partial charge in [-0.2, -0.15) is 0 Å². The summed E-state index contributed by atoms with van der Waals surface area (Å²) in [5.41, 5.74) is 3.27.